The molecule has 3 rings (SSSR count). The average molecular weight is 628 g/mol. The molecule has 0 bridgehead atoms. The molecule has 0 spiro atoms. The Kier molecular flexibility index (Phi) is 8.11. The largest absolute Gasteiger partial charge is 0.493 e. The van der Waals surface area contributed by atoms with Crippen molar-refractivity contribution in [3.05, 3.63) is 60.1 Å². The maximum atomic E-state index is 13.3. The van der Waals surface area contributed by atoms with Crippen molar-refractivity contribution in [1.82, 2.24) is 9.66 Å². The van der Waals surface area contributed by atoms with E-state index in [2.05, 4.69) is 21.0 Å². The van der Waals surface area contributed by atoms with Gasteiger partial charge < -0.3 is 14.6 Å². The topological polar surface area (TPSA) is 103 Å². The third kappa shape index (κ3) is 5.55. The van der Waals surface area contributed by atoms with Gasteiger partial charge in [-0.3, -0.25) is 4.79 Å². The summed E-state index contributed by atoms with van der Waals surface area (Å²) in [5.41, 5.74) is 1.02. The number of ether oxygens (including phenoxy) is 2. The van der Waals surface area contributed by atoms with E-state index in [0.29, 0.717) is 37.4 Å². The van der Waals surface area contributed by atoms with Crippen LogP contribution in [0.2, 0.25) is 0 Å². The van der Waals surface area contributed by atoms with Gasteiger partial charge in [0.2, 0.25) is 0 Å². The minimum atomic E-state index is -1.08. The van der Waals surface area contributed by atoms with Crippen molar-refractivity contribution in [2.75, 3.05) is 7.11 Å². The molecule has 0 aliphatic rings. The molecule has 0 fully saturated rings. The van der Waals surface area contributed by atoms with Crippen molar-refractivity contribution in [3.63, 3.8) is 0 Å². The zero-order chi connectivity index (χ0) is 24.3. The van der Waals surface area contributed by atoms with E-state index in [9.17, 15) is 9.59 Å². The number of hydrogen-bond acceptors (Lipinski definition) is 6. The highest BCUT2D eigenvalue weighted by Crippen LogP contribution is 2.34. The van der Waals surface area contributed by atoms with E-state index >= 15 is 0 Å². The molecule has 174 valence electrons. The fourth-order valence-electron chi connectivity index (χ4n) is 3.06. The molecular formula is C23H23BrIN3O5. The lowest BCUT2D eigenvalue weighted by molar-refractivity contribution is -0.144. The summed E-state index contributed by atoms with van der Waals surface area (Å²) < 4.78 is 13.7. The van der Waals surface area contributed by atoms with Gasteiger partial charge in [0, 0.05) is 10.4 Å². The highest BCUT2D eigenvalue weighted by molar-refractivity contribution is 14.1. The van der Waals surface area contributed by atoms with Crippen LogP contribution in [0.5, 0.6) is 11.5 Å². The Balaban J connectivity index is 2.10. The Morgan fingerprint density at radius 3 is 2.70 bits per heavy atom. The molecule has 10 heteroatoms. The monoisotopic (exact) mass is 627 g/mol. The van der Waals surface area contributed by atoms with Crippen LogP contribution in [0.4, 0.5) is 0 Å². The first-order chi connectivity index (χ1) is 15.7. The van der Waals surface area contributed by atoms with Gasteiger partial charge >= 0.3 is 5.97 Å². The Morgan fingerprint density at radius 1 is 1.33 bits per heavy atom. The van der Waals surface area contributed by atoms with Crippen molar-refractivity contribution in [2.45, 2.75) is 39.2 Å². The molecule has 1 N–H and O–H groups in total. The number of fused-ring (bicyclic) bond motifs is 1. The van der Waals surface area contributed by atoms with Crippen LogP contribution in [-0.4, -0.2) is 40.2 Å². The summed E-state index contributed by atoms with van der Waals surface area (Å²) in [6.45, 7) is 5.47. The number of carboxylic acids is 1. The molecule has 1 aromatic heterocycles. The lowest BCUT2D eigenvalue weighted by Gasteiger charge is -2.16. The third-order valence-corrected chi connectivity index (χ3v) is 6.40. The van der Waals surface area contributed by atoms with Crippen molar-refractivity contribution >= 4 is 61.6 Å². The number of halogens is 2. The summed E-state index contributed by atoms with van der Waals surface area (Å²) >= 11 is 5.45. The molecule has 0 saturated carbocycles. The minimum absolute atomic E-state index is 0.0193. The maximum absolute atomic E-state index is 13.3. The van der Waals surface area contributed by atoms with Crippen LogP contribution in [0, 0.1) is 3.57 Å². The van der Waals surface area contributed by atoms with E-state index in [1.807, 2.05) is 48.6 Å². The van der Waals surface area contributed by atoms with Gasteiger partial charge in [-0.15, -0.1) is 0 Å². The van der Waals surface area contributed by atoms with E-state index in [1.165, 1.54) is 18.7 Å². The van der Waals surface area contributed by atoms with Crippen LogP contribution in [0.1, 0.15) is 44.5 Å². The van der Waals surface area contributed by atoms with Gasteiger partial charge in [0.25, 0.3) is 5.56 Å². The van der Waals surface area contributed by atoms with Crippen molar-refractivity contribution in [2.24, 2.45) is 5.10 Å². The quantitative estimate of drug-likeness (QED) is 0.278. The zero-order valence-electron chi connectivity index (χ0n) is 18.5. The Bertz CT molecular complexity index is 1290. The van der Waals surface area contributed by atoms with Crippen molar-refractivity contribution in [1.29, 1.82) is 0 Å². The average Bonchev–Trinajstić information content (AvgIpc) is 2.79. The predicted octanol–water partition coefficient (Wildman–Crippen LogP) is 5.02. The molecule has 8 nitrogen and oxygen atoms in total. The molecule has 33 heavy (non-hydrogen) atoms. The second-order valence-electron chi connectivity index (χ2n) is 7.43. The summed E-state index contributed by atoms with van der Waals surface area (Å²) in [6.07, 6.45) is 1.31. The number of benzene rings is 2. The van der Waals surface area contributed by atoms with Crippen molar-refractivity contribution in [3.8, 4) is 11.5 Å². The molecule has 1 heterocycles. The van der Waals surface area contributed by atoms with Crippen LogP contribution in [0.25, 0.3) is 10.9 Å². The lowest BCUT2D eigenvalue weighted by atomic mass is 10.1. The number of aliphatic carboxylic acids is 1. The predicted molar refractivity (Wildman–Crippen MR) is 139 cm³/mol. The molecule has 0 saturated heterocycles. The zero-order valence-corrected chi connectivity index (χ0v) is 22.2. The Labute approximate surface area is 212 Å². The SMILES string of the molecule is CC[C@H](C)c1nc2ccc(Br)cc2c(=O)n1N=Cc1cc(I)c(O[C@@H](C)C(=O)O)c(OC)c1. The second kappa shape index (κ2) is 10.6. The first-order valence-electron chi connectivity index (χ1n) is 10.2. The van der Waals surface area contributed by atoms with Crippen LogP contribution < -0.4 is 15.0 Å². The molecule has 0 amide bonds. The van der Waals surface area contributed by atoms with Gasteiger partial charge in [-0.1, -0.05) is 29.8 Å². The number of nitrogens with zero attached hydrogens (tertiary/aromatic N) is 3. The van der Waals surface area contributed by atoms with Crippen LogP contribution in [0.15, 0.2) is 44.7 Å². The first kappa shape index (κ1) is 25.2. The number of carboxylic acid groups (broad SMARTS) is 1. The molecule has 3 aromatic rings. The number of methoxy groups -OCH3 is 1. The van der Waals surface area contributed by atoms with Gasteiger partial charge in [0.1, 0.15) is 5.82 Å². The van der Waals surface area contributed by atoms with E-state index in [4.69, 9.17) is 19.6 Å². The summed E-state index contributed by atoms with van der Waals surface area (Å²) in [5, 5.41) is 14.1. The van der Waals surface area contributed by atoms with Crippen LogP contribution in [-0.2, 0) is 4.79 Å². The number of rotatable bonds is 8. The molecular weight excluding hydrogens is 605 g/mol. The number of aromatic nitrogens is 2. The van der Waals surface area contributed by atoms with E-state index in [1.54, 1.807) is 24.4 Å². The molecule has 0 aliphatic heterocycles. The molecule has 2 atom stereocenters. The van der Waals surface area contributed by atoms with E-state index < -0.39 is 12.1 Å². The molecule has 2 aromatic carbocycles. The standard InChI is InChI=1S/C23H23BrIN3O5/c1-5-12(2)21-27-18-7-6-15(24)10-16(18)22(29)28(21)26-11-14-8-17(25)20(19(9-14)32-4)33-13(3)23(30)31/h6-13H,5H2,1-4H3,(H,30,31)/t12-,13-/m0/s1. The molecule has 0 radical (unpaired) electrons. The van der Waals surface area contributed by atoms with Gasteiger partial charge in [-0.25, -0.2) is 9.78 Å². The lowest BCUT2D eigenvalue weighted by Crippen LogP contribution is -2.24. The number of carbonyl (C=O) groups is 1. The van der Waals surface area contributed by atoms with Crippen molar-refractivity contribution < 1.29 is 19.4 Å². The fraction of sp³-hybridized carbons (Fsp3) is 0.304. The summed E-state index contributed by atoms with van der Waals surface area (Å²) in [7, 11) is 1.47. The Hall–Kier alpha value is -2.47. The maximum Gasteiger partial charge on any atom is 0.344 e. The van der Waals surface area contributed by atoms with E-state index in [-0.39, 0.29) is 11.5 Å². The Morgan fingerprint density at radius 2 is 2.06 bits per heavy atom. The van der Waals surface area contributed by atoms with Crippen LogP contribution >= 0.6 is 38.5 Å². The molecule has 0 aliphatic carbocycles. The smallest absolute Gasteiger partial charge is 0.344 e. The van der Waals surface area contributed by atoms with Gasteiger partial charge in [0.05, 0.1) is 27.8 Å². The fourth-order valence-corrected chi connectivity index (χ4v) is 4.17. The van der Waals surface area contributed by atoms with Gasteiger partial charge in [-0.2, -0.15) is 9.78 Å². The van der Waals surface area contributed by atoms with Crippen LogP contribution in [0.3, 0.4) is 0 Å². The van der Waals surface area contributed by atoms with Gasteiger partial charge in [-0.05, 0) is 71.8 Å². The number of hydrogen-bond donors (Lipinski definition) is 1. The highest BCUT2D eigenvalue weighted by Gasteiger charge is 2.19. The minimum Gasteiger partial charge on any atom is -0.493 e. The molecule has 0 unspecified atom stereocenters. The summed E-state index contributed by atoms with van der Waals surface area (Å²) in [6, 6.07) is 8.85. The van der Waals surface area contributed by atoms with E-state index in [0.717, 1.165) is 10.9 Å². The third-order valence-electron chi connectivity index (χ3n) is 5.10. The summed E-state index contributed by atoms with van der Waals surface area (Å²) in [5.74, 6) is 0.216. The summed E-state index contributed by atoms with van der Waals surface area (Å²) in [4.78, 5) is 29.1. The first-order valence-corrected chi connectivity index (χ1v) is 12.1. The van der Waals surface area contributed by atoms with Gasteiger partial charge in [0.15, 0.2) is 17.6 Å². The second-order valence-corrected chi connectivity index (χ2v) is 9.51. The normalized spacial score (nSPS) is 13.3. The highest BCUT2D eigenvalue weighted by atomic mass is 127.